The average Bonchev–Trinajstić information content (AvgIpc) is 3.28. The number of likely N-dealkylation sites (tertiary alicyclic amines) is 1. The molecule has 0 spiro atoms. The lowest BCUT2D eigenvalue weighted by atomic mass is 9.79. The molecule has 0 atom stereocenters. The van der Waals surface area contributed by atoms with Crippen molar-refractivity contribution < 1.29 is 4.39 Å². The second kappa shape index (κ2) is 10.5. The zero-order chi connectivity index (χ0) is 24.4. The van der Waals surface area contributed by atoms with Gasteiger partial charge in [0.1, 0.15) is 10.8 Å². The first kappa shape index (κ1) is 24.0. The Morgan fingerprint density at radius 1 is 1.03 bits per heavy atom. The molecule has 1 saturated heterocycles. The van der Waals surface area contributed by atoms with Gasteiger partial charge in [-0.15, -0.1) is 0 Å². The van der Waals surface area contributed by atoms with E-state index in [-0.39, 0.29) is 11.8 Å². The number of rotatable bonds is 6. The zero-order valence-corrected chi connectivity index (χ0v) is 21.1. The first-order chi connectivity index (χ1) is 17.0. The second-order valence-electron chi connectivity index (χ2n) is 9.87. The number of hydrogen-bond donors (Lipinski definition) is 3. The van der Waals surface area contributed by atoms with Crippen LogP contribution in [-0.4, -0.2) is 44.2 Å². The summed E-state index contributed by atoms with van der Waals surface area (Å²) in [6.45, 7) is 6.46. The number of nitrogens with zero attached hydrogens (tertiary/aromatic N) is 4. The number of H-pyrrole nitrogens is 1. The molecule has 1 aliphatic carbocycles. The summed E-state index contributed by atoms with van der Waals surface area (Å²) >= 11 is 6.25. The van der Waals surface area contributed by atoms with Gasteiger partial charge in [-0.1, -0.05) is 18.0 Å². The SMILES string of the molecule is Cc1cc(Nc2nc(Nc3cc(C)c(C4CCC(N5CCCCC5)CC4)cc3F)ncc2Cl)n[nH]1. The van der Waals surface area contributed by atoms with E-state index in [0.29, 0.717) is 34.3 Å². The van der Waals surface area contributed by atoms with Crippen molar-refractivity contribution in [1.29, 1.82) is 0 Å². The lowest BCUT2D eigenvalue weighted by molar-refractivity contribution is 0.125. The summed E-state index contributed by atoms with van der Waals surface area (Å²) < 4.78 is 15.2. The topological polar surface area (TPSA) is 81.8 Å². The van der Waals surface area contributed by atoms with Gasteiger partial charge in [0.05, 0.1) is 11.9 Å². The van der Waals surface area contributed by atoms with E-state index in [4.69, 9.17) is 11.6 Å². The number of piperidine rings is 1. The molecule has 5 rings (SSSR count). The maximum atomic E-state index is 15.2. The van der Waals surface area contributed by atoms with Crippen LogP contribution < -0.4 is 10.6 Å². The number of halogens is 2. The lowest BCUT2D eigenvalue weighted by Gasteiger charge is -2.39. The molecule has 1 aromatic carbocycles. The molecule has 3 N–H and O–H groups in total. The molecule has 3 aromatic rings. The number of nitrogens with one attached hydrogen (secondary N) is 3. The summed E-state index contributed by atoms with van der Waals surface area (Å²) in [5.41, 5.74) is 3.49. The molecule has 0 unspecified atom stereocenters. The van der Waals surface area contributed by atoms with E-state index >= 15 is 4.39 Å². The Labute approximate surface area is 210 Å². The molecule has 7 nitrogen and oxygen atoms in total. The van der Waals surface area contributed by atoms with Gasteiger partial charge < -0.3 is 15.5 Å². The number of aromatic amines is 1. The van der Waals surface area contributed by atoms with E-state index in [0.717, 1.165) is 29.7 Å². The van der Waals surface area contributed by atoms with Crippen LogP contribution >= 0.6 is 11.6 Å². The van der Waals surface area contributed by atoms with Crippen LogP contribution in [0.5, 0.6) is 0 Å². The van der Waals surface area contributed by atoms with E-state index in [1.54, 1.807) is 6.07 Å². The normalized spacial score (nSPS) is 21.1. The maximum absolute atomic E-state index is 15.2. The standard InChI is InChI=1S/C26H33ClFN7/c1-16-12-23(30-26-29-15-21(27)25(32-26)31-24-13-17(2)33-34-24)22(28)14-20(16)18-6-8-19(9-7-18)35-10-4-3-5-11-35/h12-15,18-19H,3-11H2,1-2H3,(H3,29,30,31,32,33,34). The van der Waals surface area contributed by atoms with Gasteiger partial charge in [-0.05, 0) is 94.6 Å². The molecule has 3 heterocycles. The van der Waals surface area contributed by atoms with Gasteiger partial charge in [0, 0.05) is 17.8 Å². The molecule has 2 aliphatic rings. The molecule has 1 aliphatic heterocycles. The van der Waals surface area contributed by atoms with E-state index < -0.39 is 0 Å². The predicted molar refractivity (Wildman–Crippen MR) is 138 cm³/mol. The van der Waals surface area contributed by atoms with E-state index in [2.05, 4.69) is 42.6 Å². The first-order valence-electron chi connectivity index (χ1n) is 12.6. The highest BCUT2D eigenvalue weighted by Crippen LogP contribution is 2.38. The lowest BCUT2D eigenvalue weighted by Crippen LogP contribution is -2.41. The van der Waals surface area contributed by atoms with Crippen molar-refractivity contribution in [2.24, 2.45) is 0 Å². The van der Waals surface area contributed by atoms with Gasteiger partial charge >= 0.3 is 0 Å². The molecule has 2 aromatic heterocycles. The van der Waals surface area contributed by atoms with Crippen molar-refractivity contribution in [2.45, 2.75) is 70.8 Å². The van der Waals surface area contributed by atoms with Gasteiger partial charge in [0.2, 0.25) is 5.95 Å². The first-order valence-corrected chi connectivity index (χ1v) is 13.0. The summed E-state index contributed by atoms with van der Waals surface area (Å²) in [6, 6.07) is 6.11. The van der Waals surface area contributed by atoms with E-state index in [1.165, 1.54) is 51.4 Å². The summed E-state index contributed by atoms with van der Waals surface area (Å²) in [7, 11) is 0. The highest BCUT2D eigenvalue weighted by atomic mass is 35.5. The minimum atomic E-state index is -0.292. The summed E-state index contributed by atoms with van der Waals surface area (Å²) in [5.74, 6) is 1.38. The van der Waals surface area contributed by atoms with Crippen LogP contribution in [0, 0.1) is 19.7 Å². The molecule has 2 fully saturated rings. The van der Waals surface area contributed by atoms with Crippen LogP contribution in [0.15, 0.2) is 24.4 Å². The van der Waals surface area contributed by atoms with Gasteiger partial charge in [-0.3, -0.25) is 5.10 Å². The Morgan fingerprint density at radius 2 is 1.80 bits per heavy atom. The Bertz CT molecular complexity index is 1170. The van der Waals surface area contributed by atoms with Crippen molar-refractivity contribution in [2.75, 3.05) is 23.7 Å². The Balaban J connectivity index is 1.26. The van der Waals surface area contributed by atoms with E-state index in [1.807, 2.05) is 19.1 Å². The molecule has 186 valence electrons. The number of aryl methyl sites for hydroxylation is 2. The fourth-order valence-electron chi connectivity index (χ4n) is 5.51. The molecule has 9 heteroatoms. The summed E-state index contributed by atoms with van der Waals surface area (Å²) in [6.07, 6.45) is 10.2. The summed E-state index contributed by atoms with van der Waals surface area (Å²) in [5, 5.41) is 13.4. The van der Waals surface area contributed by atoms with Crippen molar-refractivity contribution in [3.05, 3.63) is 52.1 Å². The van der Waals surface area contributed by atoms with Gasteiger partial charge in [0.25, 0.3) is 0 Å². The molecule has 35 heavy (non-hydrogen) atoms. The Kier molecular flexibility index (Phi) is 7.20. The number of aromatic nitrogens is 4. The quantitative estimate of drug-likeness (QED) is 0.355. The Hall–Kier alpha value is -2.71. The molecular weight excluding hydrogens is 465 g/mol. The fourth-order valence-corrected chi connectivity index (χ4v) is 5.65. The maximum Gasteiger partial charge on any atom is 0.229 e. The fraction of sp³-hybridized carbons (Fsp3) is 0.500. The highest BCUT2D eigenvalue weighted by molar-refractivity contribution is 6.32. The monoisotopic (exact) mass is 497 g/mol. The number of benzene rings is 1. The molecule has 0 radical (unpaired) electrons. The third kappa shape index (κ3) is 5.59. The van der Waals surface area contributed by atoms with Crippen LogP contribution in [0.2, 0.25) is 5.02 Å². The molecule has 1 saturated carbocycles. The number of anilines is 4. The van der Waals surface area contributed by atoms with Gasteiger partial charge in [-0.2, -0.15) is 10.1 Å². The highest BCUT2D eigenvalue weighted by Gasteiger charge is 2.28. The largest absolute Gasteiger partial charge is 0.322 e. The van der Waals surface area contributed by atoms with Crippen LogP contribution in [0.25, 0.3) is 0 Å². The average molecular weight is 498 g/mol. The minimum Gasteiger partial charge on any atom is -0.322 e. The van der Waals surface area contributed by atoms with Crippen LogP contribution in [-0.2, 0) is 0 Å². The van der Waals surface area contributed by atoms with Crippen molar-refractivity contribution in [3.63, 3.8) is 0 Å². The van der Waals surface area contributed by atoms with Crippen LogP contribution in [0.3, 0.4) is 0 Å². The molecular formula is C26H33ClFN7. The van der Waals surface area contributed by atoms with Gasteiger partial charge in [0.15, 0.2) is 11.6 Å². The smallest absolute Gasteiger partial charge is 0.229 e. The molecule has 0 bridgehead atoms. The van der Waals surface area contributed by atoms with Crippen molar-refractivity contribution >= 4 is 34.9 Å². The summed E-state index contributed by atoms with van der Waals surface area (Å²) in [4.78, 5) is 11.3. The predicted octanol–water partition coefficient (Wildman–Crippen LogP) is 6.61. The Morgan fingerprint density at radius 3 is 2.51 bits per heavy atom. The third-order valence-corrected chi connectivity index (χ3v) is 7.62. The van der Waals surface area contributed by atoms with E-state index in [9.17, 15) is 0 Å². The van der Waals surface area contributed by atoms with Crippen molar-refractivity contribution in [1.82, 2.24) is 25.1 Å². The number of hydrogen-bond acceptors (Lipinski definition) is 6. The van der Waals surface area contributed by atoms with Crippen LogP contribution in [0.1, 0.15) is 67.7 Å². The minimum absolute atomic E-state index is 0.261. The molecule has 0 amide bonds. The van der Waals surface area contributed by atoms with Gasteiger partial charge in [-0.25, -0.2) is 9.37 Å². The second-order valence-corrected chi connectivity index (χ2v) is 10.3. The van der Waals surface area contributed by atoms with Crippen LogP contribution in [0.4, 0.5) is 27.7 Å². The van der Waals surface area contributed by atoms with Crippen molar-refractivity contribution in [3.8, 4) is 0 Å². The third-order valence-electron chi connectivity index (χ3n) is 7.34. The zero-order valence-electron chi connectivity index (χ0n) is 20.4.